The molecular weight excluding hydrogens is 236 g/mol. The van der Waals surface area contributed by atoms with Gasteiger partial charge in [0.2, 0.25) is 0 Å². The zero-order valence-electron chi connectivity index (χ0n) is 10.7. The van der Waals surface area contributed by atoms with Gasteiger partial charge in [0.25, 0.3) is 0 Å². The first kappa shape index (κ1) is 13.0. The van der Waals surface area contributed by atoms with Crippen LogP contribution in [-0.4, -0.2) is 6.61 Å². The van der Waals surface area contributed by atoms with Crippen LogP contribution in [0.4, 0.5) is 5.69 Å². The average Bonchev–Trinajstić information content (AvgIpc) is 2.39. The first-order chi connectivity index (χ1) is 9.29. The molecule has 19 heavy (non-hydrogen) atoms. The third kappa shape index (κ3) is 3.75. The highest BCUT2D eigenvalue weighted by molar-refractivity contribution is 5.56. The maximum Gasteiger partial charge on any atom is 0.144 e. The van der Waals surface area contributed by atoms with E-state index in [0.29, 0.717) is 23.6 Å². The normalized spacial score (nSPS) is 20.3. The van der Waals surface area contributed by atoms with Crippen molar-refractivity contribution in [2.45, 2.75) is 12.8 Å². The smallest absolute Gasteiger partial charge is 0.144 e. The Balaban J connectivity index is 2.08. The van der Waals surface area contributed by atoms with Crippen molar-refractivity contribution >= 4 is 5.69 Å². The van der Waals surface area contributed by atoms with Gasteiger partial charge in [-0.2, -0.15) is 5.26 Å². The van der Waals surface area contributed by atoms with Crippen molar-refractivity contribution in [2.24, 2.45) is 0 Å². The van der Waals surface area contributed by atoms with Gasteiger partial charge < -0.3 is 10.5 Å². The maximum atomic E-state index is 8.86. The van der Waals surface area contributed by atoms with Gasteiger partial charge in [0.15, 0.2) is 0 Å². The number of nitriles is 1. The second kappa shape index (κ2) is 6.46. The summed E-state index contributed by atoms with van der Waals surface area (Å²) in [6.07, 6.45) is 12.5. The fourth-order valence-electron chi connectivity index (χ4n) is 1.76. The largest absolute Gasteiger partial charge is 0.487 e. The lowest BCUT2D eigenvalue weighted by Crippen LogP contribution is -2.02. The predicted molar refractivity (Wildman–Crippen MR) is 76.7 cm³/mol. The molecule has 0 aromatic heterocycles. The Morgan fingerprint density at radius 1 is 1.26 bits per heavy atom. The van der Waals surface area contributed by atoms with Gasteiger partial charge in [-0.3, -0.25) is 0 Å². The summed E-state index contributed by atoms with van der Waals surface area (Å²) in [5, 5.41) is 8.86. The molecule has 0 atom stereocenters. The third-order valence-electron chi connectivity index (χ3n) is 2.82. The predicted octanol–water partition coefficient (Wildman–Crippen LogP) is 3.35. The molecule has 0 aliphatic heterocycles. The lowest BCUT2D eigenvalue weighted by Gasteiger charge is -2.10. The highest BCUT2D eigenvalue weighted by Gasteiger charge is 2.03. The van der Waals surface area contributed by atoms with E-state index >= 15 is 0 Å². The van der Waals surface area contributed by atoms with Crippen LogP contribution >= 0.6 is 0 Å². The van der Waals surface area contributed by atoms with E-state index in [9.17, 15) is 0 Å². The number of hydrogen-bond acceptors (Lipinski definition) is 3. The van der Waals surface area contributed by atoms with Crippen molar-refractivity contribution in [3.63, 3.8) is 0 Å². The molecule has 3 nitrogen and oxygen atoms in total. The van der Waals surface area contributed by atoms with Crippen molar-refractivity contribution < 1.29 is 4.74 Å². The Morgan fingerprint density at radius 3 is 2.95 bits per heavy atom. The minimum absolute atomic E-state index is 0.444. The molecule has 1 aliphatic rings. The standard InChI is InChI=1S/C16H16N2O/c17-11-14-8-9-15(18)16(10-14)19-12-13-6-4-2-1-3-5-7-13/h2,4-10H,1,3,12,18H2/b4-2-,7-5-,13-6+. The summed E-state index contributed by atoms with van der Waals surface area (Å²) in [7, 11) is 0. The number of allylic oxidation sites excluding steroid dienone is 4. The quantitative estimate of drug-likeness (QED) is 0.839. The summed E-state index contributed by atoms with van der Waals surface area (Å²) in [6, 6.07) is 7.11. The van der Waals surface area contributed by atoms with E-state index in [4.69, 9.17) is 15.7 Å². The highest BCUT2D eigenvalue weighted by Crippen LogP contribution is 2.23. The molecule has 0 saturated carbocycles. The Morgan fingerprint density at radius 2 is 2.11 bits per heavy atom. The molecule has 0 heterocycles. The maximum absolute atomic E-state index is 8.86. The van der Waals surface area contributed by atoms with E-state index < -0.39 is 0 Å². The van der Waals surface area contributed by atoms with Crippen LogP contribution in [0.1, 0.15) is 18.4 Å². The van der Waals surface area contributed by atoms with Crippen LogP contribution in [-0.2, 0) is 0 Å². The number of anilines is 1. The number of nitrogens with two attached hydrogens (primary N) is 1. The van der Waals surface area contributed by atoms with Gasteiger partial charge in [0, 0.05) is 6.07 Å². The molecule has 0 saturated heterocycles. The van der Waals surface area contributed by atoms with Gasteiger partial charge in [0.1, 0.15) is 12.4 Å². The Labute approximate surface area is 113 Å². The van der Waals surface area contributed by atoms with E-state index in [1.807, 2.05) is 12.2 Å². The van der Waals surface area contributed by atoms with Crippen LogP contribution in [0.2, 0.25) is 0 Å². The number of nitrogens with zero attached hydrogens (tertiary/aromatic N) is 1. The highest BCUT2D eigenvalue weighted by atomic mass is 16.5. The van der Waals surface area contributed by atoms with Gasteiger partial charge >= 0.3 is 0 Å². The van der Waals surface area contributed by atoms with E-state index in [1.54, 1.807) is 18.2 Å². The van der Waals surface area contributed by atoms with Crippen LogP contribution in [0.5, 0.6) is 5.75 Å². The monoisotopic (exact) mass is 252 g/mol. The number of benzene rings is 1. The average molecular weight is 252 g/mol. The number of ether oxygens (including phenoxy) is 1. The summed E-state index contributed by atoms with van der Waals surface area (Å²) in [4.78, 5) is 0. The molecule has 0 radical (unpaired) electrons. The number of rotatable bonds is 3. The lowest BCUT2D eigenvalue weighted by molar-refractivity contribution is 0.357. The fourth-order valence-corrected chi connectivity index (χ4v) is 1.76. The van der Waals surface area contributed by atoms with Crippen LogP contribution in [0, 0.1) is 11.3 Å². The summed E-state index contributed by atoms with van der Waals surface area (Å²) in [5.41, 5.74) is 8.00. The Bertz CT molecular complexity index is 577. The van der Waals surface area contributed by atoms with E-state index in [1.165, 1.54) is 0 Å². The molecule has 2 N–H and O–H groups in total. The Kier molecular flexibility index (Phi) is 4.41. The SMILES string of the molecule is N#Cc1ccc(N)c(OCC2=C/C=C\CC/C=C\2)c1. The summed E-state index contributed by atoms with van der Waals surface area (Å²) >= 11 is 0. The van der Waals surface area contributed by atoms with E-state index in [-0.39, 0.29) is 0 Å². The molecule has 0 unspecified atom stereocenters. The first-order valence-corrected chi connectivity index (χ1v) is 6.24. The molecule has 0 amide bonds. The van der Waals surface area contributed by atoms with Gasteiger partial charge in [-0.25, -0.2) is 0 Å². The molecule has 2 rings (SSSR count). The second-order valence-corrected chi connectivity index (χ2v) is 4.30. The topological polar surface area (TPSA) is 59.0 Å². The van der Waals surface area contributed by atoms with Crippen LogP contribution < -0.4 is 10.5 Å². The fraction of sp³-hybridized carbons (Fsp3) is 0.188. The van der Waals surface area contributed by atoms with Crippen LogP contribution in [0.3, 0.4) is 0 Å². The zero-order chi connectivity index (χ0) is 13.5. The zero-order valence-corrected chi connectivity index (χ0v) is 10.7. The third-order valence-corrected chi connectivity index (χ3v) is 2.82. The summed E-state index contributed by atoms with van der Waals surface area (Å²) in [5.74, 6) is 0.555. The van der Waals surface area contributed by atoms with Gasteiger partial charge in [-0.1, -0.05) is 30.4 Å². The molecule has 1 aromatic carbocycles. The number of nitrogen functional groups attached to an aromatic ring is 1. The summed E-state index contributed by atoms with van der Waals surface area (Å²) in [6.45, 7) is 0.444. The molecule has 1 aliphatic carbocycles. The van der Waals surface area contributed by atoms with E-state index in [2.05, 4.69) is 24.3 Å². The van der Waals surface area contributed by atoms with Crippen molar-refractivity contribution in [2.75, 3.05) is 12.3 Å². The van der Waals surface area contributed by atoms with Gasteiger partial charge in [0.05, 0.1) is 17.3 Å². The molecule has 96 valence electrons. The van der Waals surface area contributed by atoms with Gasteiger partial charge in [-0.05, 0) is 30.5 Å². The van der Waals surface area contributed by atoms with Crippen molar-refractivity contribution in [1.29, 1.82) is 5.26 Å². The van der Waals surface area contributed by atoms with Crippen molar-refractivity contribution in [1.82, 2.24) is 0 Å². The molecular formula is C16H16N2O. The Hall–Kier alpha value is -2.47. The first-order valence-electron chi connectivity index (χ1n) is 6.24. The van der Waals surface area contributed by atoms with Crippen LogP contribution in [0.15, 0.2) is 54.2 Å². The number of hydrogen-bond donors (Lipinski definition) is 1. The lowest BCUT2D eigenvalue weighted by atomic mass is 10.1. The summed E-state index contributed by atoms with van der Waals surface area (Å²) < 4.78 is 5.69. The van der Waals surface area contributed by atoms with E-state index in [0.717, 1.165) is 18.4 Å². The minimum Gasteiger partial charge on any atom is -0.487 e. The van der Waals surface area contributed by atoms with Crippen molar-refractivity contribution in [3.8, 4) is 11.8 Å². The molecule has 3 heteroatoms. The molecule has 1 aromatic rings. The van der Waals surface area contributed by atoms with Gasteiger partial charge in [-0.15, -0.1) is 0 Å². The second-order valence-electron chi connectivity index (χ2n) is 4.30. The van der Waals surface area contributed by atoms with Crippen molar-refractivity contribution in [3.05, 3.63) is 59.7 Å². The van der Waals surface area contributed by atoms with Crippen LogP contribution in [0.25, 0.3) is 0 Å². The minimum atomic E-state index is 0.444. The molecule has 0 bridgehead atoms. The molecule has 0 spiro atoms. The molecule has 0 fully saturated rings.